The van der Waals surface area contributed by atoms with Crippen LogP contribution in [-0.4, -0.2) is 30.0 Å². The molecule has 6 nitrogen and oxygen atoms in total. The third-order valence-corrected chi connectivity index (χ3v) is 8.75. The van der Waals surface area contributed by atoms with Gasteiger partial charge in [-0.15, -0.1) is 0 Å². The van der Waals surface area contributed by atoms with Gasteiger partial charge in [-0.1, -0.05) is 129 Å². The largest absolute Gasteiger partial charge is 0.454 e. The maximum absolute atomic E-state index is 12.7. The minimum Gasteiger partial charge on any atom is -0.454 e. The molecule has 5 aliphatic rings. The second-order valence-corrected chi connectivity index (χ2v) is 11.0. The quantitative estimate of drug-likeness (QED) is 0.311. The zero-order chi connectivity index (χ0) is 34.7. The topological polar surface area (TPSA) is 77.3 Å². The number of carbonyl (C=O) groups excluding carboxylic acids is 2. The summed E-state index contributed by atoms with van der Waals surface area (Å²) in [4.78, 5) is 34.0. The molecule has 2 aromatic rings. The number of aliphatic imine (C=N–C) groups is 2. The minimum atomic E-state index is -0.448. The normalized spacial score (nSPS) is 17.9. The van der Waals surface area contributed by atoms with Crippen molar-refractivity contribution in [3.05, 3.63) is 84.0 Å². The molecule has 2 amide bonds. The third kappa shape index (κ3) is 9.39. The van der Waals surface area contributed by atoms with Crippen LogP contribution in [0.5, 0.6) is 11.5 Å². The van der Waals surface area contributed by atoms with E-state index in [0.717, 1.165) is 98.3 Å². The first-order valence-corrected chi connectivity index (χ1v) is 18.1. The van der Waals surface area contributed by atoms with Gasteiger partial charge in [0.1, 0.15) is 0 Å². The van der Waals surface area contributed by atoms with Crippen LogP contribution in [0.3, 0.4) is 0 Å². The van der Waals surface area contributed by atoms with Crippen molar-refractivity contribution in [3.63, 3.8) is 0 Å². The Balaban J connectivity index is 0.000000272. The molecule has 4 aliphatic carbocycles. The van der Waals surface area contributed by atoms with Gasteiger partial charge in [0.05, 0.1) is 10.8 Å². The standard InChI is InChI=1S/C17H17NO3.C16H17NO.4C2H6/c19-16(18-13-4-1-2-5-13)17(8-3-9-17)12-6-7-14-15(10-12)21-11-20-14;18-15(17-14-9-4-5-10-14)16(11-6-12-16)13-7-2-1-3-8-13;4*1-2/h1-2,6-7,10H,3-5,8-9,11H2;1-5,7-8H,6,9-12H2;4*1-2H3. The van der Waals surface area contributed by atoms with E-state index >= 15 is 0 Å². The van der Waals surface area contributed by atoms with Gasteiger partial charge in [-0.3, -0.25) is 9.59 Å². The number of hydrogen-bond acceptors (Lipinski definition) is 4. The van der Waals surface area contributed by atoms with Crippen LogP contribution in [0.1, 0.15) is 131 Å². The Labute approximate surface area is 284 Å². The lowest BCUT2D eigenvalue weighted by Crippen LogP contribution is -2.41. The first kappa shape index (κ1) is 39.4. The maximum atomic E-state index is 12.7. The van der Waals surface area contributed by atoms with Gasteiger partial charge in [0.25, 0.3) is 11.8 Å². The average Bonchev–Trinajstić information content (AvgIpc) is 3.89. The Bertz CT molecular complexity index is 1360. The highest BCUT2D eigenvalue weighted by atomic mass is 16.7. The summed E-state index contributed by atoms with van der Waals surface area (Å²) in [5.74, 6) is 1.57. The zero-order valence-electron chi connectivity index (χ0n) is 30.2. The molecule has 0 atom stereocenters. The molecule has 256 valence electrons. The fourth-order valence-electron chi connectivity index (χ4n) is 5.99. The van der Waals surface area contributed by atoms with Gasteiger partial charge in [-0.2, -0.15) is 0 Å². The Kier molecular flexibility index (Phi) is 17.1. The van der Waals surface area contributed by atoms with Crippen molar-refractivity contribution in [1.82, 2.24) is 0 Å². The van der Waals surface area contributed by atoms with Crippen LogP contribution < -0.4 is 9.47 Å². The van der Waals surface area contributed by atoms with Crippen molar-refractivity contribution in [2.24, 2.45) is 9.98 Å². The van der Waals surface area contributed by atoms with Gasteiger partial charge in [-0.05, 0) is 48.9 Å². The van der Waals surface area contributed by atoms with Gasteiger partial charge in [-0.25, -0.2) is 9.98 Å². The molecule has 1 aliphatic heterocycles. The van der Waals surface area contributed by atoms with E-state index in [9.17, 15) is 9.59 Å². The highest BCUT2D eigenvalue weighted by Gasteiger charge is 2.47. The molecule has 2 aromatic carbocycles. The summed E-state index contributed by atoms with van der Waals surface area (Å²) in [6, 6.07) is 16.0. The van der Waals surface area contributed by atoms with Crippen molar-refractivity contribution in [2.45, 2.75) is 130 Å². The van der Waals surface area contributed by atoms with Crippen LogP contribution in [-0.2, 0) is 20.4 Å². The van der Waals surface area contributed by atoms with Crippen molar-refractivity contribution < 1.29 is 19.1 Å². The Morgan fingerprint density at radius 2 is 0.979 bits per heavy atom. The molecule has 0 saturated heterocycles. The van der Waals surface area contributed by atoms with Crippen LogP contribution in [0.25, 0.3) is 0 Å². The van der Waals surface area contributed by atoms with E-state index in [1.165, 1.54) is 0 Å². The van der Waals surface area contributed by atoms with Crippen LogP contribution in [0.15, 0.2) is 82.8 Å². The second kappa shape index (κ2) is 20.4. The van der Waals surface area contributed by atoms with E-state index in [1.807, 2.05) is 91.8 Å². The fraction of sp³-hybridized carbons (Fsp3) is 0.512. The van der Waals surface area contributed by atoms with Crippen molar-refractivity contribution in [3.8, 4) is 11.5 Å². The maximum Gasteiger partial charge on any atom is 0.256 e. The molecule has 2 fully saturated rings. The number of nitrogens with zero attached hydrogens (tertiary/aromatic N) is 2. The van der Waals surface area contributed by atoms with Crippen LogP contribution in [0, 0.1) is 0 Å². The fourth-order valence-corrected chi connectivity index (χ4v) is 5.99. The molecule has 0 aromatic heterocycles. The van der Waals surface area contributed by atoms with Gasteiger partial charge in [0.15, 0.2) is 11.5 Å². The summed E-state index contributed by atoms with van der Waals surface area (Å²) in [6.45, 7) is 16.3. The second-order valence-electron chi connectivity index (χ2n) is 11.0. The summed E-state index contributed by atoms with van der Waals surface area (Å²) >= 11 is 0. The average molecular weight is 643 g/mol. The van der Waals surface area contributed by atoms with E-state index in [4.69, 9.17) is 9.47 Å². The van der Waals surface area contributed by atoms with Crippen LogP contribution in [0.2, 0.25) is 0 Å². The van der Waals surface area contributed by atoms with E-state index in [2.05, 4.69) is 46.4 Å². The third-order valence-electron chi connectivity index (χ3n) is 8.75. The number of fused-ring (bicyclic) bond motifs is 1. The molecule has 2 saturated carbocycles. The first-order valence-electron chi connectivity index (χ1n) is 18.1. The first-order chi connectivity index (χ1) is 23.1. The molecular formula is C41H58N2O4. The number of carbonyl (C=O) groups is 2. The van der Waals surface area contributed by atoms with E-state index < -0.39 is 5.41 Å². The Morgan fingerprint density at radius 3 is 1.40 bits per heavy atom. The summed E-state index contributed by atoms with van der Waals surface area (Å²) in [7, 11) is 0. The molecule has 1 heterocycles. The van der Waals surface area contributed by atoms with Gasteiger partial charge >= 0.3 is 0 Å². The molecule has 0 unspecified atom stereocenters. The Morgan fingerprint density at radius 1 is 0.553 bits per heavy atom. The smallest absolute Gasteiger partial charge is 0.256 e. The lowest BCUT2D eigenvalue weighted by atomic mass is 9.64. The van der Waals surface area contributed by atoms with Gasteiger partial charge < -0.3 is 9.47 Å². The van der Waals surface area contributed by atoms with Crippen molar-refractivity contribution in [2.75, 3.05) is 6.79 Å². The predicted octanol–water partition coefficient (Wildman–Crippen LogP) is 10.7. The SMILES string of the molecule is CC.CC.CC.CC.O=C(N=C1CC=CC1)C1(c2ccc3c(c2)OCO3)CCC1.O=C(N=C1CC=CC1)C1(c2ccccc2)CCC1. The molecule has 0 N–H and O–H groups in total. The monoisotopic (exact) mass is 642 g/mol. The molecule has 0 radical (unpaired) electrons. The summed E-state index contributed by atoms with van der Waals surface area (Å²) in [5.41, 5.74) is 3.37. The van der Waals surface area contributed by atoms with Crippen LogP contribution in [0.4, 0.5) is 0 Å². The molecule has 47 heavy (non-hydrogen) atoms. The number of allylic oxidation sites excluding steroid dienone is 4. The van der Waals surface area contributed by atoms with E-state index in [1.54, 1.807) is 0 Å². The van der Waals surface area contributed by atoms with Crippen molar-refractivity contribution in [1.29, 1.82) is 0 Å². The van der Waals surface area contributed by atoms with E-state index in [-0.39, 0.29) is 24.0 Å². The van der Waals surface area contributed by atoms with Crippen molar-refractivity contribution >= 4 is 23.2 Å². The van der Waals surface area contributed by atoms with Gasteiger partial charge in [0, 0.05) is 37.1 Å². The number of rotatable bonds is 4. The number of benzene rings is 2. The molecule has 0 spiro atoms. The molecule has 7 rings (SSSR count). The highest BCUT2D eigenvalue weighted by Crippen LogP contribution is 2.48. The lowest BCUT2D eigenvalue weighted by molar-refractivity contribution is -0.127. The summed E-state index contributed by atoms with van der Waals surface area (Å²) < 4.78 is 10.8. The zero-order valence-corrected chi connectivity index (χ0v) is 30.2. The summed E-state index contributed by atoms with van der Waals surface area (Å²) in [5, 5.41) is 0. The Hall–Kier alpha value is -3.80. The molecular weight excluding hydrogens is 584 g/mol. The lowest BCUT2D eigenvalue weighted by Gasteiger charge is -2.39. The predicted molar refractivity (Wildman–Crippen MR) is 197 cm³/mol. The number of ether oxygens (including phenoxy) is 2. The van der Waals surface area contributed by atoms with Gasteiger partial charge in [0.2, 0.25) is 6.79 Å². The molecule has 0 bridgehead atoms. The van der Waals surface area contributed by atoms with E-state index in [0.29, 0.717) is 0 Å². The number of hydrogen-bond donors (Lipinski definition) is 0. The summed E-state index contributed by atoms with van der Waals surface area (Å²) in [6.07, 6.45) is 17.4. The minimum absolute atomic E-state index is 0.00585. The highest BCUT2D eigenvalue weighted by molar-refractivity contribution is 6.03. The molecule has 6 heteroatoms. The number of amides is 2. The van der Waals surface area contributed by atoms with Crippen LogP contribution >= 0.6 is 0 Å².